The summed E-state index contributed by atoms with van der Waals surface area (Å²) in [6, 6.07) is 11.1. The highest BCUT2D eigenvalue weighted by atomic mass is 16.5. The van der Waals surface area contributed by atoms with E-state index in [1.165, 1.54) is 15.8 Å². The molecule has 0 radical (unpaired) electrons. The van der Waals surface area contributed by atoms with E-state index in [0.717, 1.165) is 16.9 Å². The maximum Gasteiger partial charge on any atom is 0.257 e. The zero-order valence-corrected chi connectivity index (χ0v) is 17.7. The molecule has 3 aromatic heterocycles. The van der Waals surface area contributed by atoms with Crippen molar-refractivity contribution >= 4 is 17.3 Å². The third-order valence-electron chi connectivity index (χ3n) is 4.93. The van der Waals surface area contributed by atoms with Crippen molar-refractivity contribution in [3.63, 3.8) is 0 Å². The molecule has 31 heavy (non-hydrogen) atoms. The molecule has 0 saturated carbocycles. The lowest BCUT2D eigenvalue weighted by atomic mass is 10.0. The van der Waals surface area contributed by atoms with Crippen molar-refractivity contribution in [3.05, 3.63) is 65.6 Å². The zero-order chi connectivity index (χ0) is 22.1. The van der Waals surface area contributed by atoms with Crippen LogP contribution in [0.25, 0.3) is 17.0 Å². The van der Waals surface area contributed by atoms with Crippen molar-refractivity contribution in [1.29, 1.82) is 0 Å². The first kappa shape index (κ1) is 20.3. The standard InChI is InChI=1S/C22H22N6O3/c1-26(2)22(30)17-13-23-27(3)20(17)18(29)10-14-8-9-28-19(11-14)24-21(25-28)15-6-5-7-16(12-15)31-4/h5-9,11-13H,10H2,1-4H3. The van der Waals surface area contributed by atoms with E-state index < -0.39 is 0 Å². The van der Waals surface area contributed by atoms with E-state index in [9.17, 15) is 9.59 Å². The first-order chi connectivity index (χ1) is 14.9. The van der Waals surface area contributed by atoms with Gasteiger partial charge in [-0.1, -0.05) is 12.1 Å². The highest BCUT2D eigenvalue weighted by molar-refractivity contribution is 6.07. The number of ketones is 1. The SMILES string of the molecule is COc1cccc(-c2nc3cc(CC(=O)c4c(C(=O)N(C)C)cnn4C)ccn3n2)c1. The lowest BCUT2D eigenvalue weighted by Crippen LogP contribution is -2.24. The van der Waals surface area contributed by atoms with Gasteiger partial charge < -0.3 is 9.64 Å². The monoisotopic (exact) mass is 418 g/mol. The van der Waals surface area contributed by atoms with Crippen LogP contribution in [0.15, 0.2) is 48.8 Å². The van der Waals surface area contributed by atoms with Crippen molar-refractivity contribution in [2.45, 2.75) is 6.42 Å². The number of nitrogens with zero attached hydrogens (tertiary/aromatic N) is 6. The van der Waals surface area contributed by atoms with Gasteiger partial charge in [0, 0.05) is 39.3 Å². The lowest BCUT2D eigenvalue weighted by molar-refractivity contribution is 0.0819. The van der Waals surface area contributed by atoms with E-state index in [2.05, 4.69) is 15.2 Å². The lowest BCUT2D eigenvalue weighted by Gasteiger charge is -2.10. The summed E-state index contributed by atoms with van der Waals surface area (Å²) >= 11 is 0. The second-order valence-electron chi connectivity index (χ2n) is 7.34. The molecule has 0 fully saturated rings. The number of benzene rings is 1. The Hall–Kier alpha value is -4.01. The first-order valence-corrected chi connectivity index (χ1v) is 9.64. The van der Waals surface area contributed by atoms with Crippen LogP contribution >= 0.6 is 0 Å². The normalized spacial score (nSPS) is 11.0. The predicted molar refractivity (Wildman–Crippen MR) is 114 cm³/mol. The van der Waals surface area contributed by atoms with Crippen LogP contribution in [-0.4, -0.2) is 62.2 Å². The van der Waals surface area contributed by atoms with Gasteiger partial charge in [-0.05, 0) is 29.8 Å². The average Bonchev–Trinajstić information content (AvgIpc) is 3.36. The average molecular weight is 418 g/mol. The van der Waals surface area contributed by atoms with E-state index in [-0.39, 0.29) is 23.8 Å². The van der Waals surface area contributed by atoms with Gasteiger partial charge >= 0.3 is 0 Å². The Morgan fingerprint density at radius 3 is 2.71 bits per heavy atom. The molecular formula is C22H22N6O3. The fraction of sp³-hybridized carbons (Fsp3) is 0.227. The van der Waals surface area contributed by atoms with Gasteiger partial charge in [-0.2, -0.15) is 5.10 Å². The van der Waals surface area contributed by atoms with Gasteiger partial charge in [0.25, 0.3) is 5.91 Å². The molecule has 158 valence electrons. The molecule has 0 spiro atoms. The van der Waals surface area contributed by atoms with Crippen LogP contribution in [-0.2, 0) is 13.5 Å². The molecule has 3 heterocycles. The van der Waals surface area contributed by atoms with Gasteiger partial charge in [0.2, 0.25) is 0 Å². The number of amides is 1. The highest BCUT2D eigenvalue weighted by Gasteiger charge is 2.23. The maximum atomic E-state index is 13.0. The molecule has 1 aromatic carbocycles. The molecule has 0 saturated heterocycles. The van der Waals surface area contributed by atoms with E-state index >= 15 is 0 Å². The van der Waals surface area contributed by atoms with Crippen molar-refractivity contribution in [2.75, 3.05) is 21.2 Å². The van der Waals surface area contributed by atoms with Gasteiger partial charge in [0.15, 0.2) is 17.3 Å². The van der Waals surface area contributed by atoms with Gasteiger partial charge in [0.05, 0.1) is 18.9 Å². The number of hydrogen-bond acceptors (Lipinski definition) is 6. The molecule has 9 nitrogen and oxygen atoms in total. The van der Waals surface area contributed by atoms with E-state index in [1.807, 2.05) is 36.4 Å². The van der Waals surface area contributed by atoms with E-state index in [4.69, 9.17) is 4.74 Å². The minimum absolute atomic E-state index is 0.116. The summed E-state index contributed by atoms with van der Waals surface area (Å²) in [5.41, 5.74) is 2.81. The number of carbonyl (C=O) groups excluding carboxylic acids is 2. The quantitative estimate of drug-likeness (QED) is 0.446. The minimum Gasteiger partial charge on any atom is -0.497 e. The summed E-state index contributed by atoms with van der Waals surface area (Å²) in [5, 5.41) is 8.60. The predicted octanol–water partition coefficient (Wildman–Crippen LogP) is 2.27. The van der Waals surface area contributed by atoms with Gasteiger partial charge in [-0.3, -0.25) is 14.3 Å². The topological polar surface area (TPSA) is 94.6 Å². The largest absolute Gasteiger partial charge is 0.497 e. The molecule has 0 atom stereocenters. The van der Waals surface area contributed by atoms with Gasteiger partial charge in [-0.25, -0.2) is 9.50 Å². The van der Waals surface area contributed by atoms with E-state index in [1.54, 1.807) is 39.0 Å². The number of rotatable bonds is 6. The molecule has 0 aliphatic rings. The van der Waals surface area contributed by atoms with Crippen LogP contribution in [0, 0.1) is 0 Å². The molecule has 9 heteroatoms. The van der Waals surface area contributed by atoms with Gasteiger partial charge in [-0.15, -0.1) is 5.10 Å². The Morgan fingerprint density at radius 2 is 1.97 bits per heavy atom. The molecule has 0 aliphatic carbocycles. The zero-order valence-electron chi connectivity index (χ0n) is 17.7. The molecular weight excluding hydrogens is 396 g/mol. The molecule has 4 rings (SSSR count). The second kappa shape index (κ2) is 8.02. The van der Waals surface area contributed by atoms with Crippen LogP contribution in [0.3, 0.4) is 0 Å². The third kappa shape index (κ3) is 3.89. The third-order valence-corrected chi connectivity index (χ3v) is 4.93. The number of aromatic nitrogens is 5. The highest BCUT2D eigenvalue weighted by Crippen LogP contribution is 2.22. The Bertz CT molecular complexity index is 1290. The number of hydrogen-bond donors (Lipinski definition) is 0. The first-order valence-electron chi connectivity index (χ1n) is 9.64. The summed E-state index contributed by atoms with van der Waals surface area (Å²) in [4.78, 5) is 31.4. The Kier molecular flexibility index (Phi) is 5.24. The maximum absolute atomic E-state index is 13.0. The van der Waals surface area contributed by atoms with Crippen molar-refractivity contribution < 1.29 is 14.3 Å². The number of carbonyl (C=O) groups is 2. The number of aryl methyl sites for hydroxylation is 1. The summed E-state index contributed by atoms with van der Waals surface area (Å²) in [6.07, 6.45) is 3.31. The molecule has 0 bridgehead atoms. The number of ether oxygens (including phenoxy) is 1. The summed E-state index contributed by atoms with van der Waals surface area (Å²) in [6.45, 7) is 0. The van der Waals surface area contributed by atoms with E-state index in [0.29, 0.717) is 17.0 Å². The Labute approximate surface area is 178 Å². The summed E-state index contributed by atoms with van der Waals surface area (Å²) in [5.74, 6) is 0.837. The van der Waals surface area contributed by atoms with Crippen molar-refractivity contribution in [2.24, 2.45) is 7.05 Å². The molecule has 1 amide bonds. The number of Topliss-reactive ketones (excluding diaryl/α,β-unsaturated/α-hetero) is 1. The number of fused-ring (bicyclic) bond motifs is 1. The van der Waals surface area contributed by atoms with Crippen LogP contribution in [0.1, 0.15) is 26.4 Å². The number of pyridine rings is 1. The van der Waals surface area contributed by atoms with Crippen molar-refractivity contribution in [1.82, 2.24) is 29.3 Å². The van der Waals surface area contributed by atoms with Crippen molar-refractivity contribution in [3.8, 4) is 17.1 Å². The Morgan fingerprint density at radius 1 is 1.16 bits per heavy atom. The van der Waals surface area contributed by atoms with Crippen LogP contribution in [0.4, 0.5) is 0 Å². The summed E-state index contributed by atoms with van der Waals surface area (Å²) in [7, 11) is 6.55. The molecule has 0 N–H and O–H groups in total. The number of methoxy groups -OCH3 is 1. The molecule has 0 aliphatic heterocycles. The fourth-order valence-electron chi connectivity index (χ4n) is 3.35. The van der Waals surface area contributed by atoms with Gasteiger partial charge in [0.1, 0.15) is 11.4 Å². The Balaban J connectivity index is 1.62. The molecule has 4 aromatic rings. The van der Waals surface area contributed by atoms with Crippen LogP contribution in [0.2, 0.25) is 0 Å². The fourth-order valence-corrected chi connectivity index (χ4v) is 3.35. The van der Waals surface area contributed by atoms with Crippen LogP contribution < -0.4 is 4.74 Å². The minimum atomic E-state index is -0.257. The smallest absolute Gasteiger partial charge is 0.257 e. The van der Waals surface area contributed by atoms with Crippen LogP contribution in [0.5, 0.6) is 5.75 Å². The summed E-state index contributed by atoms with van der Waals surface area (Å²) < 4.78 is 8.37. The second-order valence-corrected chi connectivity index (χ2v) is 7.34. The molecule has 0 unspecified atom stereocenters.